The third-order valence-corrected chi connectivity index (χ3v) is 5.47. The lowest BCUT2D eigenvalue weighted by Gasteiger charge is -2.15. The van der Waals surface area contributed by atoms with Crippen LogP contribution >= 0.6 is 0 Å². The van der Waals surface area contributed by atoms with Crippen LogP contribution in [0.2, 0.25) is 0 Å². The average molecular weight is 431 g/mol. The lowest BCUT2D eigenvalue weighted by atomic mass is 9.94. The first-order chi connectivity index (χ1) is 15.4. The summed E-state index contributed by atoms with van der Waals surface area (Å²) in [6, 6.07) is 10.0. The molecule has 1 N–H and O–H groups in total. The van der Waals surface area contributed by atoms with E-state index in [1.807, 2.05) is 26.8 Å². The largest absolute Gasteiger partial charge is 0.493 e. The van der Waals surface area contributed by atoms with Gasteiger partial charge in [0.25, 0.3) is 0 Å². The molecule has 4 aromatic rings. The Labute approximate surface area is 186 Å². The number of hydrogen-bond donors (Lipinski definition) is 1. The number of allylic oxidation sites excluding steroid dienone is 1. The van der Waals surface area contributed by atoms with E-state index in [9.17, 15) is 4.79 Å². The van der Waals surface area contributed by atoms with Gasteiger partial charge in [-0.05, 0) is 57.4 Å². The number of benzene rings is 2. The molecule has 0 aliphatic heterocycles. The van der Waals surface area contributed by atoms with Gasteiger partial charge in [0.05, 0.1) is 12.9 Å². The number of rotatable bonds is 6. The van der Waals surface area contributed by atoms with Crippen molar-refractivity contribution in [1.29, 1.82) is 0 Å². The van der Waals surface area contributed by atoms with Crippen LogP contribution in [0.25, 0.3) is 27.7 Å². The summed E-state index contributed by atoms with van der Waals surface area (Å²) >= 11 is 0. The molecule has 0 saturated carbocycles. The molecule has 6 heteroatoms. The fraction of sp³-hybridized carbons (Fsp3) is 0.231. The number of aryl methyl sites for hydroxylation is 3. The fourth-order valence-electron chi connectivity index (χ4n) is 3.98. The van der Waals surface area contributed by atoms with Crippen molar-refractivity contribution in [3.8, 4) is 16.9 Å². The highest BCUT2D eigenvalue weighted by molar-refractivity contribution is 6.05. The van der Waals surface area contributed by atoms with Crippen LogP contribution < -0.4 is 10.1 Å². The fourth-order valence-corrected chi connectivity index (χ4v) is 3.98. The maximum Gasteiger partial charge on any atom is 0.249 e. The monoisotopic (exact) mass is 430 g/mol. The first kappa shape index (κ1) is 21.4. The molecular weight excluding hydrogens is 404 g/mol. The molecule has 2 heterocycles. The van der Waals surface area contributed by atoms with Crippen LogP contribution in [-0.2, 0) is 4.79 Å². The summed E-state index contributed by atoms with van der Waals surface area (Å²) in [5, 5.41) is 7.39. The molecule has 4 rings (SSSR count). The third-order valence-electron chi connectivity index (χ3n) is 5.47. The smallest absolute Gasteiger partial charge is 0.249 e. The highest BCUT2D eigenvalue weighted by Crippen LogP contribution is 2.41. The summed E-state index contributed by atoms with van der Waals surface area (Å²) in [5.74, 6) is 0.783. The number of hydrogen-bond acceptors (Lipinski definition) is 5. The van der Waals surface area contributed by atoms with Crippen molar-refractivity contribution in [3.05, 3.63) is 71.2 Å². The normalized spacial score (nSPS) is 11.7. The highest BCUT2D eigenvalue weighted by atomic mass is 16.5. The lowest BCUT2D eigenvalue weighted by Crippen LogP contribution is -2.09. The minimum absolute atomic E-state index is 0.293. The predicted octanol–water partition coefficient (Wildman–Crippen LogP) is 6.45. The van der Waals surface area contributed by atoms with Crippen LogP contribution in [0.3, 0.4) is 0 Å². The van der Waals surface area contributed by atoms with Crippen molar-refractivity contribution in [1.82, 2.24) is 5.16 Å². The number of nitrogens with one attached hydrogen (secondary N) is 1. The van der Waals surface area contributed by atoms with Gasteiger partial charge in [0.2, 0.25) is 5.91 Å². The Bertz CT molecular complexity index is 1310. The molecule has 0 spiro atoms. The van der Waals surface area contributed by atoms with Gasteiger partial charge in [0, 0.05) is 34.2 Å². The van der Waals surface area contributed by atoms with E-state index in [-0.39, 0.29) is 5.91 Å². The van der Waals surface area contributed by atoms with E-state index in [1.165, 1.54) is 23.5 Å². The maximum atomic E-state index is 12.5. The molecule has 164 valence electrons. The van der Waals surface area contributed by atoms with Gasteiger partial charge < -0.3 is 19.0 Å². The van der Waals surface area contributed by atoms with E-state index in [0.29, 0.717) is 18.2 Å². The van der Waals surface area contributed by atoms with E-state index >= 15 is 0 Å². The molecule has 0 atom stereocenters. The van der Waals surface area contributed by atoms with Gasteiger partial charge in [-0.3, -0.25) is 4.79 Å². The molecular formula is C26H26N2O4. The van der Waals surface area contributed by atoms with Crippen LogP contribution in [-0.4, -0.2) is 17.7 Å². The number of fused-ring (bicyclic) bond motifs is 1. The van der Waals surface area contributed by atoms with Crippen LogP contribution in [0.4, 0.5) is 5.82 Å². The van der Waals surface area contributed by atoms with Crippen molar-refractivity contribution >= 4 is 28.3 Å². The Morgan fingerprint density at radius 3 is 2.66 bits per heavy atom. The molecule has 0 saturated heterocycles. The van der Waals surface area contributed by atoms with Gasteiger partial charge in [0.15, 0.2) is 5.82 Å². The SMILES string of the molecule is CCOc1c(/C(C)=C/C(=O)Nc2ccon2)cc2c(-c3ccc(C)cc3C)coc2c1C. The van der Waals surface area contributed by atoms with E-state index in [4.69, 9.17) is 13.7 Å². The van der Waals surface area contributed by atoms with Crippen molar-refractivity contribution in [2.24, 2.45) is 0 Å². The first-order valence-electron chi connectivity index (χ1n) is 10.5. The van der Waals surface area contributed by atoms with E-state index < -0.39 is 0 Å². The summed E-state index contributed by atoms with van der Waals surface area (Å²) in [6.07, 6.45) is 4.74. The van der Waals surface area contributed by atoms with Crippen LogP contribution in [0.5, 0.6) is 5.75 Å². The maximum absolute atomic E-state index is 12.5. The Hall–Kier alpha value is -3.80. The third kappa shape index (κ3) is 4.04. The van der Waals surface area contributed by atoms with Crippen molar-refractivity contribution < 1.29 is 18.5 Å². The summed E-state index contributed by atoms with van der Waals surface area (Å²) in [6.45, 7) is 10.5. The van der Waals surface area contributed by atoms with Gasteiger partial charge in [-0.15, -0.1) is 0 Å². The second-order valence-corrected chi connectivity index (χ2v) is 7.86. The van der Waals surface area contributed by atoms with Crippen LogP contribution in [0.15, 0.2) is 57.9 Å². The molecule has 0 aliphatic rings. The van der Waals surface area contributed by atoms with Gasteiger partial charge in [0.1, 0.15) is 17.6 Å². The zero-order chi connectivity index (χ0) is 22.8. The van der Waals surface area contributed by atoms with Gasteiger partial charge in [-0.2, -0.15) is 0 Å². The van der Waals surface area contributed by atoms with Crippen molar-refractivity contribution in [3.63, 3.8) is 0 Å². The molecule has 6 nitrogen and oxygen atoms in total. The Kier molecular flexibility index (Phi) is 5.86. The number of anilines is 1. The molecule has 32 heavy (non-hydrogen) atoms. The number of furan rings is 1. The molecule has 0 radical (unpaired) electrons. The lowest BCUT2D eigenvalue weighted by molar-refractivity contribution is -0.111. The zero-order valence-corrected chi connectivity index (χ0v) is 18.9. The number of carbonyl (C=O) groups excluding carboxylic acids is 1. The van der Waals surface area contributed by atoms with Crippen molar-refractivity contribution in [2.45, 2.75) is 34.6 Å². The number of amides is 1. The number of carbonyl (C=O) groups is 1. The van der Waals surface area contributed by atoms with Crippen LogP contribution in [0, 0.1) is 20.8 Å². The van der Waals surface area contributed by atoms with E-state index in [2.05, 4.69) is 42.5 Å². The quantitative estimate of drug-likeness (QED) is 0.356. The molecule has 0 unspecified atom stereocenters. The number of nitrogens with zero attached hydrogens (tertiary/aromatic N) is 1. The van der Waals surface area contributed by atoms with E-state index in [1.54, 1.807) is 12.3 Å². The summed E-state index contributed by atoms with van der Waals surface area (Å²) < 4.78 is 16.7. The Morgan fingerprint density at radius 2 is 1.97 bits per heavy atom. The zero-order valence-electron chi connectivity index (χ0n) is 18.9. The summed E-state index contributed by atoms with van der Waals surface area (Å²) in [5.41, 5.74) is 7.84. The first-order valence-corrected chi connectivity index (χ1v) is 10.5. The Balaban J connectivity index is 1.84. The molecule has 0 fully saturated rings. The topological polar surface area (TPSA) is 77.5 Å². The van der Waals surface area contributed by atoms with Gasteiger partial charge in [-0.25, -0.2) is 0 Å². The van der Waals surface area contributed by atoms with Gasteiger partial charge >= 0.3 is 0 Å². The second-order valence-electron chi connectivity index (χ2n) is 7.86. The minimum atomic E-state index is -0.293. The second kappa shape index (κ2) is 8.75. The van der Waals surface area contributed by atoms with Crippen molar-refractivity contribution in [2.75, 3.05) is 11.9 Å². The average Bonchev–Trinajstić information content (AvgIpc) is 3.40. The van der Waals surface area contributed by atoms with Gasteiger partial charge in [-0.1, -0.05) is 28.9 Å². The Morgan fingerprint density at radius 1 is 1.16 bits per heavy atom. The molecule has 2 aromatic heterocycles. The summed E-state index contributed by atoms with van der Waals surface area (Å²) in [4.78, 5) is 12.5. The predicted molar refractivity (Wildman–Crippen MR) is 126 cm³/mol. The molecule has 2 aromatic carbocycles. The molecule has 0 aliphatic carbocycles. The number of ether oxygens (including phenoxy) is 1. The minimum Gasteiger partial charge on any atom is -0.493 e. The highest BCUT2D eigenvalue weighted by Gasteiger charge is 2.20. The number of aromatic nitrogens is 1. The summed E-state index contributed by atoms with van der Waals surface area (Å²) in [7, 11) is 0. The van der Waals surface area contributed by atoms with E-state index in [0.717, 1.165) is 38.8 Å². The van der Waals surface area contributed by atoms with Crippen LogP contribution in [0.1, 0.15) is 36.1 Å². The molecule has 0 bridgehead atoms. The standard InChI is InChI=1S/C26H26N2O4/c1-6-30-25-18(5)26-21(22(14-31-26)19-8-7-15(2)11-16(19)3)13-20(25)17(4)12-24(29)27-23-9-10-32-28-23/h7-14H,6H2,1-5H3,(H,27,28,29)/b17-12+. The molecule has 1 amide bonds.